The van der Waals surface area contributed by atoms with Crippen LogP contribution in [-0.4, -0.2) is 12.6 Å². The Labute approximate surface area is 84.3 Å². The summed E-state index contributed by atoms with van der Waals surface area (Å²) in [4.78, 5) is 0. The fraction of sp³-hybridized carbons (Fsp3) is 1.00. The Balaban J connectivity index is 3.65. The summed E-state index contributed by atoms with van der Waals surface area (Å²) < 4.78 is 0. The molecule has 13 heavy (non-hydrogen) atoms. The highest BCUT2D eigenvalue weighted by atomic mass is 14.9. The van der Waals surface area contributed by atoms with Gasteiger partial charge in [0.2, 0.25) is 0 Å². The lowest BCUT2D eigenvalue weighted by Crippen LogP contribution is -2.30. The van der Waals surface area contributed by atoms with Crippen LogP contribution in [0.4, 0.5) is 0 Å². The minimum absolute atomic E-state index is 0.735. The van der Waals surface area contributed by atoms with Crippen LogP contribution in [0.2, 0.25) is 0 Å². The smallest absolute Gasteiger partial charge is 0.00668 e. The molecule has 0 spiro atoms. The molecule has 0 radical (unpaired) electrons. The van der Waals surface area contributed by atoms with Gasteiger partial charge in [0, 0.05) is 6.04 Å². The summed E-state index contributed by atoms with van der Waals surface area (Å²) in [6.07, 6.45) is 3.96. The summed E-state index contributed by atoms with van der Waals surface area (Å²) in [6, 6.07) is 0.735. The van der Waals surface area contributed by atoms with Gasteiger partial charge in [0.15, 0.2) is 0 Å². The Bertz CT molecular complexity index is 110. The van der Waals surface area contributed by atoms with E-state index in [4.69, 9.17) is 0 Å². The quantitative estimate of drug-likeness (QED) is 0.640. The van der Waals surface area contributed by atoms with Crippen LogP contribution in [-0.2, 0) is 0 Å². The molecule has 0 heterocycles. The van der Waals surface area contributed by atoms with Gasteiger partial charge < -0.3 is 5.32 Å². The Hall–Kier alpha value is -0.0400. The average molecular weight is 185 g/mol. The van der Waals surface area contributed by atoms with Crippen LogP contribution < -0.4 is 5.32 Å². The van der Waals surface area contributed by atoms with Gasteiger partial charge in [-0.05, 0) is 37.6 Å². The predicted molar refractivity (Wildman–Crippen MR) is 61.0 cm³/mol. The molecule has 1 nitrogen and oxygen atoms in total. The van der Waals surface area contributed by atoms with Crippen molar-refractivity contribution in [3.8, 4) is 0 Å². The summed E-state index contributed by atoms with van der Waals surface area (Å²) >= 11 is 0. The highest BCUT2D eigenvalue weighted by Gasteiger charge is 2.11. The van der Waals surface area contributed by atoms with Gasteiger partial charge in [0.25, 0.3) is 0 Å². The first kappa shape index (κ1) is 13.0. The predicted octanol–water partition coefficient (Wildman–Crippen LogP) is 3.45. The molecule has 0 saturated heterocycles. The fourth-order valence-corrected chi connectivity index (χ4v) is 2.07. The molecular weight excluding hydrogens is 158 g/mol. The molecule has 0 fully saturated rings. The van der Waals surface area contributed by atoms with E-state index < -0.39 is 0 Å². The van der Waals surface area contributed by atoms with Gasteiger partial charge in [-0.25, -0.2) is 0 Å². The second-order valence-corrected chi connectivity index (χ2v) is 4.63. The Kier molecular flexibility index (Phi) is 7.35. The van der Waals surface area contributed by atoms with Gasteiger partial charge in [0.05, 0.1) is 0 Å². The zero-order valence-corrected chi connectivity index (χ0v) is 10.1. The normalized spacial score (nSPS) is 16.2. The lowest BCUT2D eigenvalue weighted by molar-refractivity contribution is 0.349. The van der Waals surface area contributed by atoms with E-state index in [0.717, 1.165) is 24.4 Å². The van der Waals surface area contributed by atoms with Crippen LogP contribution in [0.15, 0.2) is 0 Å². The third-order valence-electron chi connectivity index (χ3n) is 2.55. The maximum atomic E-state index is 3.54. The SMILES string of the molecule is CCNC(CC)CC(C)CC(C)C. The first-order valence-electron chi connectivity index (χ1n) is 5.83. The number of rotatable bonds is 7. The summed E-state index contributed by atoms with van der Waals surface area (Å²) in [5.41, 5.74) is 0. The van der Waals surface area contributed by atoms with Crippen molar-refractivity contribution < 1.29 is 0 Å². The van der Waals surface area contributed by atoms with E-state index in [-0.39, 0.29) is 0 Å². The molecule has 0 amide bonds. The highest BCUT2D eigenvalue weighted by Crippen LogP contribution is 2.17. The largest absolute Gasteiger partial charge is 0.314 e. The molecule has 1 heteroatoms. The zero-order valence-electron chi connectivity index (χ0n) is 10.1. The van der Waals surface area contributed by atoms with Crippen molar-refractivity contribution in [2.45, 2.75) is 59.9 Å². The van der Waals surface area contributed by atoms with Crippen molar-refractivity contribution in [1.82, 2.24) is 5.32 Å². The second-order valence-electron chi connectivity index (χ2n) is 4.63. The fourth-order valence-electron chi connectivity index (χ4n) is 2.07. The van der Waals surface area contributed by atoms with Crippen molar-refractivity contribution >= 4 is 0 Å². The lowest BCUT2D eigenvalue weighted by Gasteiger charge is -2.21. The van der Waals surface area contributed by atoms with Gasteiger partial charge in [-0.15, -0.1) is 0 Å². The molecule has 0 aromatic heterocycles. The van der Waals surface area contributed by atoms with Crippen LogP contribution in [0.3, 0.4) is 0 Å². The number of hydrogen-bond acceptors (Lipinski definition) is 1. The first-order valence-corrected chi connectivity index (χ1v) is 5.83. The van der Waals surface area contributed by atoms with Crippen LogP contribution in [0.25, 0.3) is 0 Å². The monoisotopic (exact) mass is 185 g/mol. The summed E-state index contributed by atoms with van der Waals surface area (Å²) in [6.45, 7) is 12.6. The van der Waals surface area contributed by atoms with E-state index >= 15 is 0 Å². The maximum Gasteiger partial charge on any atom is 0.00668 e. The van der Waals surface area contributed by atoms with Crippen LogP contribution in [0, 0.1) is 11.8 Å². The van der Waals surface area contributed by atoms with Gasteiger partial charge in [-0.1, -0.05) is 34.6 Å². The van der Waals surface area contributed by atoms with E-state index in [2.05, 4.69) is 39.9 Å². The minimum atomic E-state index is 0.735. The van der Waals surface area contributed by atoms with Crippen molar-refractivity contribution in [1.29, 1.82) is 0 Å². The van der Waals surface area contributed by atoms with Gasteiger partial charge in [-0.2, -0.15) is 0 Å². The molecular formula is C12H27N. The molecule has 0 aliphatic carbocycles. The van der Waals surface area contributed by atoms with E-state index in [1.807, 2.05) is 0 Å². The number of nitrogens with one attached hydrogen (secondary N) is 1. The molecule has 0 rings (SSSR count). The van der Waals surface area contributed by atoms with E-state index in [1.54, 1.807) is 0 Å². The van der Waals surface area contributed by atoms with Gasteiger partial charge in [-0.3, -0.25) is 0 Å². The molecule has 0 aromatic rings. The third-order valence-corrected chi connectivity index (χ3v) is 2.55. The molecule has 0 bridgehead atoms. The van der Waals surface area contributed by atoms with Crippen LogP contribution in [0.1, 0.15) is 53.9 Å². The lowest BCUT2D eigenvalue weighted by atomic mass is 9.92. The topological polar surface area (TPSA) is 12.0 Å². The summed E-state index contributed by atoms with van der Waals surface area (Å²) in [7, 11) is 0. The van der Waals surface area contributed by atoms with Crippen molar-refractivity contribution in [3.05, 3.63) is 0 Å². The highest BCUT2D eigenvalue weighted by molar-refractivity contribution is 4.68. The first-order chi connectivity index (χ1) is 6.10. The zero-order chi connectivity index (χ0) is 10.3. The Morgan fingerprint density at radius 2 is 1.62 bits per heavy atom. The standard InChI is InChI=1S/C12H27N/c1-6-12(13-7-2)9-11(5)8-10(3)4/h10-13H,6-9H2,1-5H3. The maximum absolute atomic E-state index is 3.54. The molecule has 0 aliphatic rings. The van der Waals surface area contributed by atoms with Crippen molar-refractivity contribution in [2.24, 2.45) is 11.8 Å². The third kappa shape index (κ3) is 7.06. The molecule has 0 aromatic carbocycles. The van der Waals surface area contributed by atoms with E-state index in [9.17, 15) is 0 Å². The van der Waals surface area contributed by atoms with Gasteiger partial charge >= 0.3 is 0 Å². The Morgan fingerprint density at radius 1 is 1.00 bits per heavy atom. The minimum Gasteiger partial charge on any atom is -0.314 e. The molecule has 0 aliphatic heterocycles. The van der Waals surface area contributed by atoms with Crippen molar-refractivity contribution in [2.75, 3.05) is 6.54 Å². The molecule has 2 unspecified atom stereocenters. The Morgan fingerprint density at radius 3 is 2.00 bits per heavy atom. The van der Waals surface area contributed by atoms with Gasteiger partial charge in [0.1, 0.15) is 0 Å². The number of hydrogen-bond donors (Lipinski definition) is 1. The van der Waals surface area contributed by atoms with Crippen molar-refractivity contribution in [3.63, 3.8) is 0 Å². The molecule has 2 atom stereocenters. The van der Waals surface area contributed by atoms with Crippen LogP contribution in [0.5, 0.6) is 0 Å². The average Bonchev–Trinajstić information content (AvgIpc) is 2.02. The summed E-state index contributed by atoms with van der Waals surface area (Å²) in [5, 5.41) is 3.54. The molecule has 1 N–H and O–H groups in total. The second kappa shape index (κ2) is 7.37. The van der Waals surface area contributed by atoms with E-state index in [1.165, 1.54) is 19.3 Å². The van der Waals surface area contributed by atoms with Crippen LogP contribution >= 0.6 is 0 Å². The molecule has 80 valence electrons. The summed E-state index contributed by atoms with van der Waals surface area (Å²) in [5.74, 6) is 1.71. The molecule has 0 saturated carbocycles. The van der Waals surface area contributed by atoms with E-state index in [0.29, 0.717) is 0 Å².